The molecule has 1 amide bonds. The summed E-state index contributed by atoms with van der Waals surface area (Å²) in [5.41, 5.74) is 0.650. The number of benzene rings is 2. The summed E-state index contributed by atoms with van der Waals surface area (Å²) in [7, 11) is -4.79. The summed E-state index contributed by atoms with van der Waals surface area (Å²) in [5, 5.41) is 6.52. The van der Waals surface area contributed by atoms with Crippen LogP contribution in [0.25, 0.3) is 10.1 Å². The number of carbonyl (C=O) groups is 1. The van der Waals surface area contributed by atoms with Crippen LogP contribution >= 0.6 is 11.3 Å². The van der Waals surface area contributed by atoms with Crippen LogP contribution < -0.4 is 20.1 Å². The number of nitrogens with zero attached hydrogens (tertiary/aromatic N) is 1. The number of nitrogens with one attached hydrogen (secondary N) is 3. The van der Waals surface area contributed by atoms with E-state index in [0.717, 1.165) is 83.1 Å². The van der Waals surface area contributed by atoms with Crippen LogP contribution in [-0.4, -0.2) is 83.1 Å². The Kier molecular flexibility index (Phi) is 11.6. The first kappa shape index (κ1) is 39.9. The molecule has 3 heterocycles. The maximum Gasteiger partial charge on any atom is 0.422 e. The molecule has 18 heteroatoms. The Hall–Kier alpha value is -3.79. The Labute approximate surface area is 312 Å². The molecule has 294 valence electrons. The van der Waals surface area contributed by atoms with Gasteiger partial charge in [-0.2, -0.15) is 26.3 Å². The summed E-state index contributed by atoms with van der Waals surface area (Å²) < 4.78 is 132. The van der Waals surface area contributed by atoms with Crippen LogP contribution in [0.15, 0.2) is 35.2 Å². The fourth-order valence-corrected chi connectivity index (χ4v) is 9.51. The lowest BCUT2D eigenvalue weighted by Crippen LogP contribution is -2.53. The minimum Gasteiger partial charge on any atom is -0.482 e. The van der Waals surface area contributed by atoms with Crippen LogP contribution in [0.2, 0.25) is 0 Å². The highest BCUT2D eigenvalue weighted by atomic mass is 32.2. The van der Waals surface area contributed by atoms with Crippen molar-refractivity contribution in [1.82, 2.24) is 9.62 Å². The highest BCUT2D eigenvalue weighted by Crippen LogP contribution is 2.42. The highest BCUT2D eigenvalue weighted by molar-refractivity contribution is 7.90. The predicted octanol–water partition coefficient (Wildman–Crippen LogP) is 7.21. The number of alkyl halides is 6. The topological polar surface area (TPSA) is 109 Å². The minimum atomic E-state index is -4.84. The molecule has 1 aliphatic carbocycles. The van der Waals surface area contributed by atoms with Gasteiger partial charge in [-0.25, -0.2) is 17.5 Å². The Morgan fingerprint density at radius 1 is 1.04 bits per heavy atom. The number of anilines is 2. The number of thiophene rings is 1. The van der Waals surface area contributed by atoms with E-state index in [2.05, 4.69) is 27.4 Å². The molecule has 0 bridgehead atoms. The van der Waals surface area contributed by atoms with Gasteiger partial charge in [-0.05, 0) is 68.6 Å². The van der Waals surface area contributed by atoms with E-state index in [1.807, 2.05) is 6.07 Å². The van der Waals surface area contributed by atoms with Crippen molar-refractivity contribution >= 4 is 48.7 Å². The molecule has 3 N–H and O–H groups in total. The van der Waals surface area contributed by atoms with Crippen LogP contribution in [0.5, 0.6) is 5.75 Å². The zero-order valence-electron chi connectivity index (χ0n) is 29.2. The number of halogens is 7. The second kappa shape index (κ2) is 15.8. The number of amides is 1. The first-order valence-electron chi connectivity index (χ1n) is 17.4. The number of carbonyl (C=O) groups excluding carboxylic acids is 1. The van der Waals surface area contributed by atoms with Crippen molar-refractivity contribution in [3.63, 3.8) is 0 Å². The zero-order valence-corrected chi connectivity index (χ0v) is 30.8. The van der Waals surface area contributed by atoms with Gasteiger partial charge in [-0.1, -0.05) is 24.0 Å². The van der Waals surface area contributed by atoms with E-state index in [0.29, 0.717) is 39.4 Å². The zero-order chi connectivity index (χ0) is 38.9. The Morgan fingerprint density at radius 2 is 1.74 bits per heavy atom. The molecule has 3 aliphatic rings. The van der Waals surface area contributed by atoms with Gasteiger partial charge in [0.15, 0.2) is 6.61 Å². The lowest BCUT2D eigenvalue weighted by molar-refractivity contribution is -0.153. The van der Waals surface area contributed by atoms with E-state index in [1.54, 1.807) is 12.1 Å². The predicted molar refractivity (Wildman–Crippen MR) is 190 cm³/mol. The number of fused-ring (bicyclic) bond motifs is 1. The number of hydrogen-bond acceptors (Lipinski definition) is 9. The second-order valence-electron chi connectivity index (χ2n) is 14.1. The standard InChI is InChI=1S/C36H39F7N4O5S2/c1-22(48)46-54(49,50)32-17-30(52-21-36(41,42)43)29(16-27(32)37)44-13-3-6-31-26(18-35(38,39)40)25-4-2-5-28(33(25)53-31)45-23-7-9-24(10-8-23)47-14-11-34(12-15-47)19-51-20-34/h2,4-5,16-17,23-24,44-45H,7-15,18-21H2,1H3,(H,46,48). The van der Waals surface area contributed by atoms with Crippen molar-refractivity contribution in [3.05, 3.63) is 46.6 Å². The first-order chi connectivity index (χ1) is 25.4. The molecule has 9 nitrogen and oxygen atoms in total. The Balaban J connectivity index is 1.18. The van der Waals surface area contributed by atoms with E-state index in [-0.39, 0.29) is 23.0 Å². The summed E-state index contributed by atoms with van der Waals surface area (Å²) in [6.45, 7) is 2.47. The van der Waals surface area contributed by atoms with Gasteiger partial charge in [-0.15, -0.1) is 11.3 Å². The summed E-state index contributed by atoms with van der Waals surface area (Å²) in [5.74, 6) is 2.20. The van der Waals surface area contributed by atoms with Crippen molar-refractivity contribution in [2.75, 3.05) is 50.1 Å². The fraction of sp³-hybridized carbons (Fsp3) is 0.528. The van der Waals surface area contributed by atoms with Crippen LogP contribution in [0.3, 0.4) is 0 Å². The molecule has 0 radical (unpaired) electrons. The molecule has 2 aliphatic heterocycles. The number of piperidine rings is 1. The van der Waals surface area contributed by atoms with Gasteiger partial charge in [0.25, 0.3) is 10.0 Å². The number of likely N-dealkylation sites (tertiary alicyclic amines) is 1. The molecule has 1 aromatic heterocycles. The molecular weight excluding hydrogens is 766 g/mol. The third-order valence-corrected chi connectivity index (χ3v) is 12.7. The minimum absolute atomic E-state index is 0.0186. The third-order valence-electron chi connectivity index (χ3n) is 10.0. The van der Waals surface area contributed by atoms with Gasteiger partial charge >= 0.3 is 12.4 Å². The van der Waals surface area contributed by atoms with Crippen LogP contribution in [0.1, 0.15) is 55.9 Å². The summed E-state index contributed by atoms with van der Waals surface area (Å²) >= 11 is 1.09. The van der Waals surface area contributed by atoms with Gasteiger partial charge in [0.2, 0.25) is 5.91 Å². The first-order valence-corrected chi connectivity index (χ1v) is 19.7. The highest BCUT2D eigenvalue weighted by Gasteiger charge is 2.42. The van der Waals surface area contributed by atoms with E-state index in [4.69, 9.17) is 9.47 Å². The molecule has 3 fully saturated rings. The molecule has 2 saturated heterocycles. The van der Waals surface area contributed by atoms with Crippen molar-refractivity contribution in [1.29, 1.82) is 0 Å². The molecule has 3 aromatic rings. The molecule has 0 atom stereocenters. The summed E-state index contributed by atoms with van der Waals surface area (Å²) in [6, 6.07) is 6.84. The van der Waals surface area contributed by atoms with Crippen LogP contribution in [0.4, 0.5) is 42.1 Å². The molecule has 1 spiro atoms. The van der Waals surface area contributed by atoms with E-state index >= 15 is 0 Å². The fourth-order valence-electron chi connectivity index (χ4n) is 7.28. The Bertz CT molecular complexity index is 2020. The molecule has 2 aromatic carbocycles. The van der Waals surface area contributed by atoms with E-state index in [1.165, 1.54) is 4.72 Å². The number of hydrogen-bond donors (Lipinski definition) is 3. The molecule has 6 rings (SSSR count). The van der Waals surface area contributed by atoms with Crippen molar-refractivity contribution in [3.8, 4) is 17.6 Å². The quantitative estimate of drug-likeness (QED) is 0.146. The Morgan fingerprint density at radius 3 is 2.35 bits per heavy atom. The normalized spacial score (nSPS) is 20.5. The monoisotopic (exact) mass is 804 g/mol. The second-order valence-corrected chi connectivity index (χ2v) is 16.7. The average molecular weight is 805 g/mol. The summed E-state index contributed by atoms with van der Waals surface area (Å²) in [6.07, 6.45) is -4.45. The average Bonchev–Trinajstić information content (AvgIpc) is 3.41. The van der Waals surface area contributed by atoms with E-state index < -0.39 is 63.5 Å². The summed E-state index contributed by atoms with van der Waals surface area (Å²) in [4.78, 5) is 12.9. The number of ether oxygens (including phenoxy) is 2. The lowest BCUT2D eigenvalue weighted by atomic mass is 9.76. The van der Waals surface area contributed by atoms with Gasteiger partial charge in [0, 0.05) is 36.6 Å². The maximum atomic E-state index is 14.9. The third kappa shape index (κ3) is 9.71. The molecule has 0 unspecified atom stereocenters. The van der Waals surface area contributed by atoms with Crippen LogP contribution in [0, 0.1) is 23.1 Å². The number of sulfonamides is 1. The van der Waals surface area contributed by atoms with Gasteiger partial charge in [0.05, 0.1) is 47.1 Å². The van der Waals surface area contributed by atoms with E-state index in [9.17, 15) is 43.9 Å². The largest absolute Gasteiger partial charge is 0.482 e. The number of rotatable bonds is 10. The maximum absolute atomic E-state index is 14.9. The lowest BCUT2D eigenvalue weighted by Gasteiger charge is -2.49. The molecule has 54 heavy (non-hydrogen) atoms. The van der Waals surface area contributed by atoms with Crippen molar-refractivity contribution < 1.29 is 53.4 Å². The van der Waals surface area contributed by atoms with Gasteiger partial charge in [0.1, 0.15) is 16.5 Å². The molecular formula is C36H39F7N4O5S2. The van der Waals surface area contributed by atoms with Crippen molar-refractivity contribution in [2.45, 2.75) is 81.2 Å². The SMILES string of the molecule is CC(=O)NS(=O)(=O)c1cc(OCC(F)(F)F)c(NCC#Cc2sc3c(NC4CCC(N5CCC6(CC5)COC6)CC4)cccc3c2CC(F)(F)F)cc1F. The smallest absolute Gasteiger partial charge is 0.422 e. The van der Waals surface area contributed by atoms with Crippen LogP contribution in [-0.2, 0) is 26.0 Å². The van der Waals surface area contributed by atoms with Gasteiger partial charge < -0.3 is 25.0 Å². The van der Waals surface area contributed by atoms with Crippen molar-refractivity contribution in [2.24, 2.45) is 5.41 Å². The molecule has 1 saturated carbocycles. The van der Waals surface area contributed by atoms with Gasteiger partial charge in [-0.3, -0.25) is 4.79 Å².